The Balaban J connectivity index is 1.75. The summed E-state index contributed by atoms with van der Waals surface area (Å²) in [5, 5.41) is 8.85. The maximum absolute atomic E-state index is 12.8. The molecule has 0 saturated heterocycles. The van der Waals surface area contributed by atoms with Crippen LogP contribution in [0.15, 0.2) is 47.9 Å². The van der Waals surface area contributed by atoms with Crippen molar-refractivity contribution in [1.82, 2.24) is 19.3 Å². The van der Waals surface area contributed by atoms with E-state index < -0.39 is 0 Å². The van der Waals surface area contributed by atoms with E-state index in [-0.39, 0.29) is 11.8 Å². The second-order valence-corrected chi connectivity index (χ2v) is 7.43. The van der Waals surface area contributed by atoms with Gasteiger partial charge in [-0.2, -0.15) is 0 Å². The predicted octanol–water partition coefficient (Wildman–Crippen LogP) is 3.87. The Morgan fingerprint density at radius 3 is 2.70 bits per heavy atom. The zero-order valence-electron chi connectivity index (χ0n) is 16.0. The normalized spacial score (nSPS) is 12.3. The molecular formula is C20H24N4O2S. The summed E-state index contributed by atoms with van der Waals surface area (Å²) in [5.41, 5.74) is 3.78. The van der Waals surface area contributed by atoms with Gasteiger partial charge in [-0.3, -0.25) is 9.36 Å². The van der Waals surface area contributed by atoms with Crippen LogP contribution in [-0.4, -0.2) is 44.6 Å². The maximum Gasteiger partial charge on any atom is 0.196 e. The Morgan fingerprint density at radius 1 is 1.26 bits per heavy atom. The van der Waals surface area contributed by atoms with Crippen LogP contribution in [0.25, 0.3) is 5.69 Å². The topological polar surface area (TPSA) is 61.9 Å². The molecule has 0 amide bonds. The van der Waals surface area contributed by atoms with Crippen LogP contribution in [-0.2, 0) is 4.74 Å². The number of hydrogen-bond donors (Lipinski definition) is 0. The van der Waals surface area contributed by atoms with Crippen molar-refractivity contribution in [2.24, 2.45) is 0 Å². The second-order valence-electron chi connectivity index (χ2n) is 6.49. The molecule has 0 radical (unpaired) electrons. The first-order chi connectivity index (χ1) is 13.0. The van der Waals surface area contributed by atoms with Gasteiger partial charge in [0.1, 0.15) is 6.33 Å². The molecule has 0 bridgehead atoms. The fraction of sp³-hybridized carbons (Fsp3) is 0.350. The second kappa shape index (κ2) is 8.54. The summed E-state index contributed by atoms with van der Waals surface area (Å²) in [6.07, 6.45) is 1.67. The van der Waals surface area contributed by atoms with E-state index in [1.807, 2.05) is 54.8 Å². The van der Waals surface area contributed by atoms with E-state index in [1.165, 1.54) is 11.8 Å². The maximum atomic E-state index is 12.8. The molecule has 3 rings (SSSR count). The molecule has 1 unspecified atom stereocenters. The van der Waals surface area contributed by atoms with E-state index in [0.29, 0.717) is 17.5 Å². The average molecular weight is 385 g/mol. The van der Waals surface area contributed by atoms with Gasteiger partial charge in [-0.25, -0.2) is 0 Å². The van der Waals surface area contributed by atoms with Crippen molar-refractivity contribution in [3.63, 3.8) is 0 Å². The summed E-state index contributed by atoms with van der Waals surface area (Å²) < 4.78 is 9.31. The van der Waals surface area contributed by atoms with Crippen LogP contribution in [0.1, 0.15) is 34.7 Å². The van der Waals surface area contributed by atoms with Gasteiger partial charge in [0.05, 0.1) is 18.4 Å². The van der Waals surface area contributed by atoms with E-state index >= 15 is 0 Å². The summed E-state index contributed by atoms with van der Waals surface area (Å²) in [6, 6.07) is 12.0. The Morgan fingerprint density at radius 2 is 2.00 bits per heavy atom. The highest BCUT2D eigenvalue weighted by molar-refractivity contribution is 7.99. The highest BCUT2D eigenvalue weighted by atomic mass is 32.2. The third kappa shape index (κ3) is 4.14. The number of benzene rings is 1. The van der Waals surface area contributed by atoms with Gasteiger partial charge in [0.25, 0.3) is 0 Å². The Labute approximate surface area is 163 Å². The Hall–Kier alpha value is -2.38. The van der Waals surface area contributed by atoms with Crippen molar-refractivity contribution in [1.29, 1.82) is 0 Å². The molecule has 0 aliphatic rings. The van der Waals surface area contributed by atoms with Crippen molar-refractivity contribution < 1.29 is 9.53 Å². The molecular weight excluding hydrogens is 360 g/mol. The molecule has 0 N–H and O–H groups in total. The van der Waals surface area contributed by atoms with Gasteiger partial charge in [0, 0.05) is 29.7 Å². The van der Waals surface area contributed by atoms with E-state index in [9.17, 15) is 4.79 Å². The first-order valence-corrected chi connectivity index (χ1v) is 9.80. The predicted molar refractivity (Wildman–Crippen MR) is 107 cm³/mol. The van der Waals surface area contributed by atoms with E-state index in [4.69, 9.17) is 4.74 Å². The van der Waals surface area contributed by atoms with E-state index in [2.05, 4.69) is 21.7 Å². The number of ether oxygens (including phenoxy) is 1. The minimum Gasteiger partial charge on any atom is -0.383 e. The molecule has 0 saturated carbocycles. The van der Waals surface area contributed by atoms with Crippen LogP contribution in [0.2, 0.25) is 0 Å². The van der Waals surface area contributed by atoms with Crippen molar-refractivity contribution >= 4 is 17.5 Å². The summed E-state index contributed by atoms with van der Waals surface area (Å²) in [5.74, 6) is 0.403. The van der Waals surface area contributed by atoms with Gasteiger partial charge >= 0.3 is 0 Å². The number of Topliss-reactive ketones (excluding diaryl/α,β-unsaturated/α-hetero) is 1. The molecule has 7 heteroatoms. The average Bonchev–Trinajstić information content (AvgIpc) is 3.25. The highest BCUT2D eigenvalue weighted by Gasteiger charge is 2.19. The summed E-state index contributed by atoms with van der Waals surface area (Å²) >= 11 is 1.40. The number of rotatable bonds is 8. The van der Waals surface area contributed by atoms with Crippen LogP contribution < -0.4 is 0 Å². The van der Waals surface area contributed by atoms with Crippen LogP contribution >= 0.6 is 11.8 Å². The zero-order valence-corrected chi connectivity index (χ0v) is 16.9. The molecule has 6 nitrogen and oxygen atoms in total. The lowest BCUT2D eigenvalue weighted by atomic mass is 10.2. The van der Waals surface area contributed by atoms with Gasteiger partial charge < -0.3 is 9.30 Å². The first-order valence-electron chi connectivity index (χ1n) is 8.81. The molecule has 3 aromatic rings. The van der Waals surface area contributed by atoms with Crippen LogP contribution in [0, 0.1) is 13.8 Å². The number of aromatic nitrogens is 4. The van der Waals surface area contributed by atoms with Crippen molar-refractivity contribution in [2.45, 2.75) is 32.0 Å². The molecule has 1 aromatic carbocycles. The lowest BCUT2D eigenvalue weighted by molar-refractivity contribution is 0.102. The van der Waals surface area contributed by atoms with E-state index in [1.54, 1.807) is 13.4 Å². The largest absolute Gasteiger partial charge is 0.383 e. The monoisotopic (exact) mass is 384 g/mol. The molecule has 0 aliphatic heterocycles. The summed E-state index contributed by atoms with van der Waals surface area (Å²) in [6.45, 7) is 6.71. The Kier molecular flexibility index (Phi) is 6.13. The molecule has 0 fully saturated rings. The SMILES string of the molecule is COCC(C)n1c(C)cc(C(=O)CSc2nncn2-c2ccccc2)c1C. The lowest BCUT2D eigenvalue weighted by Gasteiger charge is -2.17. The minimum atomic E-state index is 0.0894. The van der Waals surface area contributed by atoms with Crippen molar-refractivity contribution in [3.05, 3.63) is 59.7 Å². The molecule has 1 atom stereocenters. The lowest BCUT2D eigenvalue weighted by Crippen LogP contribution is -2.14. The van der Waals surface area contributed by atoms with Gasteiger partial charge in [-0.15, -0.1) is 10.2 Å². The molecule has 142 valence electrons. The number of nitrogens with zero attached hydrogens (tertiary/aromatic N) is 4. The fourth-order valence-electron chi connectivity index (χ4n) is 3.35. The minimum absolute atomic E-state index is 0.0894. The van der Waals surface area contributed by atoms with Crippen LogP contribution in [0.4, 0.5) is 0 Å². The molecule has 0 aliphatic carbocycles. The number of methoxy groups -OCH3 is 1. The standard InChI is InChI=1S/C20H24N4O2S/c1-14-10-18(16(3)24(14)15(2)11-26-4)19(25)12-27-20-22-21-13-23(20)17-8-6-5-7-9-17/h5-10,13,15H,11-12H2,1-4H3. The number of hydrogen-bond acceptors (Lipinski definition) is 5. The molecule has 27 heavy (non-hydrogen) atoms. The quantitative estimate of drug-likeness (QED) is 0.436. The number of ketones is 1. The molecule has 2 heterocycles. The van der Waals surface area contributed by atoms with Gasteiger partial charge in [0.15, 0.2) is 10.9 Å². The van der Waals surface area contributed by atoms with Gasteiger partial charge in [-0.1, -0.05) is 30.0 Å². The van der Waals surface area contributed by atoms with Crippen molar-refractivity contribution in [2.75, 3.05) is 19.5 Å². The van der Waals surface area contributed by atoms with Gasteiger partial charge in [0.2, 0.25) is 0 Å². The number of carbonyl (C=O) groups is 1. The number of para-hydroxylation sites is 1. The first kappa shape index (κ1) is 19.4. The third-order valence-corrected chi connectivity index (χ3v) is 5.46. The third-order valence-electron chi connectivity index (χ3n) is 4.52. The summed E-state index contributed by atoms with van der Waals surface area (Å²) in [4.78, 5) is 12.8. The van der Waals surface area contributed by atoms with E-state index in [0.717, 1.165) is 22.6 Å². The van der Waals surface area contributed by atoms with Crippen LogP contribution in [0.3, 0.4) is 0 Å². The number of carbonyl (C=O) groups excluding carboxylic acids is 1. The van der Waals surface area contributed by atoms with Crippen LogP contribution in [0.5, 0.6) is 0 Å². The molecule has 0 spiro atoms. The highest BCUT2D eigenvalue weighted by Crippen LogP contribution is 2.24. The number of thioether (sulfide) groups is 1. The fourth-order valence-corrected chi connectivity index (χ4v) is 4.16. The molecule has 2 aromatic heterocycles. The van der Waals surface area contributed by atoms with Crippen molar-refractivity contribution in [3.8, 4) is 5.69 Å². The smallest absolute Gasteiger partial charge is 0.196 e. The number of aryl methyl sites for hydroxylation is 1. The Bertz CT molecular complexity index is 917. The van der Waals surface area contributed by atoms with Gasteiger partial charge in [-0.05, 0) is 39.0 Å². The summed E-state index contributed by atoms with van der Waals surface area (Å²) in [7, 11) is 1.69. The zero-order chi connectivity index (χ0) is 19.4.